The topological polar surface area (TPSA) is 84.2 Å². The average molecular weight is 425 g/mol. The number of nitrogens with zero attached hydrogens (tertiary/aromatic N) is 2. The van der Waals surface area contributed by atoms with Gasteiger partial charge in [-0.25, -0.2) is 4.68 Å². The molecule has 0 atom stereocenters. The lowest BCUT2D eigenvalue weighted by atomic mass is 9.84. The predicted molar refractivity (Wildman–Crippen MR) is 106 cm³/mol. The number of amides is 1. The number of carbonyl (C=O) groups is 1. The zero-order valence-corrected chi connectivity index (χ0v) is 17.2. The number of rotatable bonds is 4. The summed E-state index contributed by atoms with van der Waals surface area (Å²) in [4.78, 5) is 25.3. The summed E-state index contributed by atoms with van der Waals surface area (Å²) in [6.45, 7) is 4.99. The highest BCUT2D eigenvalue weighted by atomic mass is 19.4. The molecule has 30 heavy (non-hydrogen) atoms. The van der Waals surface area contributed by atoms with Crippen molar-refractivity contribution in [2.24, 2.45) is 0 Å². The molecule has 0 bridgehead atoms. The van der Waals surface area contributed by atoms with E-state index in [1.807, 2.05) is 0 Å². The van der Waals surface area contributed by atoms with Gasteiger partial charge in [-0.1, -0.05) is 13.8 Å². The maximum atomic E-state index is 13.1. The van der Waals surface area contributed by atoms with Crippen molar-refractivity contribution in [3.05, 3.63) is 39.8 Å². The minimum absolute atomic E-state index is 0.0900. The Bertz CT molecular complexity index is 1000. The molecule has 2 N–H and O–H groups in total. The van der Waals surface area contributed by atoms with Gasteiger partial charge in [-0.3, -0.25) is 9.59 Å². The summed E-state index contributed by atoms with van der Waals surface area (Å²) < 4.78 is 40.3. The summed E-state index contributed by atoms with van der Waals surface area (Å²) in [5.41, 5.74) is -1.84. The van der Waals surface area contributed by atoms with E-state index in [1.54, 1.807) is 20.8 Å². The van der Waals surface area contributed by atoms with Crippen LogP contribution in [0.4, 0.5) is 13.2 Å². The summed E-state index contributed by atoms with van der Waals surface area (Å²) in [7, 11) is 0. The third-order valence-corrected chi connectivity index (χ3v) is 5.58. The highest BCUT2D eigenvalue weighted by Gasteiger charge is 2.32. The first-order valence-electron chi connectivity index (χ1n) is 10.0. The van der Waals surface area contributed by atoms with E-state index in [2.05, 4.69) is 10.4 Å². The molecule has 164 valence electrons. The van der Waals surface area contributed by atoms with Gasteiger partial charge in [0, 0.05) is 11.4 Å². The van der Waals surface area contributed by atoms with Crippen molar-refractivity contribution in [2.75, 3.05) is 0 Å². The monoisotopic (exact) mass is 425 g/mol. The van der Waals surface area contributed by atoms with Gasteiger partial charge >= 0.3 is 6.18 Å². The summed E-state index contributed by atoms with van der Waals surface area (Å²) in [6, 6.07) is 2.86. The van der Waals surface area contributed by atoms with Gasteiger partial charge in [0.25, 0.3) is 5.56 Å². The van der Waals surface area contributed by atoms with Gasteiger partial charge in [0.05, 0.1) is 22.2 Å². The summed E-state index contributed by atoms with van der Waals surface area (Å²) in [6.07, 6.45) is -2.11. The number of fused-ring (bicyclic) bond motifs is 1. The first-order chi connectivity index (χ1) is 13.9. The SMILES string of the molecule is CC(C)c1nn(CC(=O)N[C@H]2CC[C@](C)(O)CC2)c(=O)c2ccc(C(F)(F)F)cc12. The molecule has 6 nitrogen and oxygen atoms in total. The minimum atomic E-state index is -4.53. The van der Waals surface area contributed by atoms with Crippen LogP contribution in [0.1, 0.15) is 63.6 Å². The van der Waals surface area contributed by atoms with Crippen molar-refractivity contribution in [1.82, 2.24) is 15.1 Å². The molecule has 1 aliphatic rings. The van der Waals surface area contributed by atoms with Crippen LogP contribution >= 0.6 is 0 Å². The Hall–Kier alpha value is -2.42. The molecule has 0 aliphatic heterocycles. The second-order valence-corrected chi connectivity index (χ2v) is 8.60. The van der Waals surface area contributed by atoms with E-state index in [9.17, 15) is 27.9 Å². The fourth-order valence-corrected chi connectivity index (χ4v) is 3.81. The van der Waals surface area contributed by atoms with Crippen molar-refractivity contribution in [3.8, 4) is 0 Å². The van der Waals surface area contributed by atoms with E-state index in [1.165, 1.54) is 0 Å². The zero-order valence-electron chi connectivity index (χ0n) is 17.2. The summed E-state index contributed by atoms with van der Waals surface area (Å²) in [5.74, 6) is -0.636. The van der Waals surface area contributed by atoms with Crippen LogP contribution < -0.4 is 10.9 Å². The van der Waals surface area contributed by atoms with E-state index in [0.29, 0.717) is 31.4 Å². The van der Waals surface area contributed by atoms with Gasteiger partial charge in [-0.15, -0.1) is 0 Å². The number of aliphatic hydroxyl groups is 1. The number of carbonyl (C=O) groups excluding carboxylic acids is 1. The highest BCUT2D eigenvalue weighted by Crippen LogP contribution is 2.32. The molecule has 0 radical (unpaired) electrons. The first kappa shape index (κ1) is 22.3. The van der Waals surface area contributed by atoms with Crippen LogP contribution in [0.5, 0.6) is 0 Å². The van der Waals surface area contributed by atoms with Crippen molar-refractivity contribution < 1.29 is 23.1 Å². The molecule has 1 aromatic carbocycles. The van der Waals surface area contributed by atoms with Crippen LogP contribution in [-0.2, 0) is 17.5 Å². The molecule has 1 fully saturated rings. The molecule has 0 saturated heterocycles. The smallest absolute Gasteiger partial charge is 0.390 e. The van der Waals surface area contributed by atoms with Crippen molar-refractivity contribution in [2.45, 2.75) is 76.7 Å². The van der Waals surface area contributed by atoms with Crippen LogP contribution in [0.15, 0.2) is 23.0 Å². The molecule has 0 unspecified atom stereocenters. The van der Waals surface area contributed by atoms with Gasteiger partial charge in [-0.2, -0.15) is 18.3 Å². The fourth-order valence-electron chi connectivity index (χ4n) is 3.81. The van der Waals surface area contributed by atoms with Crippen molar-refractivity contribution in [1.29, 1.82) is 0 Å². The predicted octanol–water partition coefficient (Wildman–Crippen LogP) is 3.35. The number of hydrogen-bond acceptors (Lipinski definition) is 4. The van der Waals surface area contributed by atoms with Crippen LogP contribution in [0, 0.1) is 0 Å². The number of aromatic nitrogens is 2. The molecule has 2 aromatic rings. The van der Waals surface area contributed by atoms with Crippen molar-refractivity contribution >= 4 is 16.7 Å². The Morgan fingerprint density at radius 1 is 1.30 bits per heavy atom. The molecule has 1 amide bonds. The van der Waals surface area contributed by atoms with Gasteiger partial charge in [-0.05, 0) is 56.7 Å². The molecule has 1 aliphatic carbocycles. The summed E-state index contributed by atoms with van der Waals surface area (Å²) in [5, 5.41) is 17.3. The number of benzene rings is 1. The van der Waals surface area contributed by atoms with Gasteiger partial charge in [0.15, 0.2) is 0 Å². The lowest BCUT2D eigenvalue weighted by Gasteiger charge is -2.33. The second kappa shape index (κ2) is 8.02. The molecular weight excluding hydrogens is 399 g/mol. The van der Waals surface area contributed by atoms with Crippen LogP contribution in [0.3, 0.4) is 0 Å². The first-order valence-corrected chi connectivity index (χ1v) is 10.0. The van der Waals surface area contributed by atoms with E-state index in [0.717, 1.165) is 22.9 Å². The molecule has 1 aromatic heterocycles. The number of halogens is 3. The lowest BCUT2D eigenvalue weighted by molar-refractivity contribution is -0.137. The molecule has 1 heterocycles. The largest absolute Gasteiger partial charge is 0.416 e. The number of hydrogen-bond donors (Lipinski definition) is 2. The molecular formula is C21H26F3N3O3. The van der Waals surface area contributed by atoms with Crippen LogP contribution in [0.25, 0.3) is 10.8 Å². The Morgan fingerprint density at radius 3 is 2.50 bits per heavy atom. The highest BCUT2D eigenvalue weighted by molar-refractivity contribution is 5.85. The van der Waals surface area contributed by atoms with Crippen molar-refractivity contribution in [3.63, 3.8) is 0 Å². The van der Waals surface area contributed by atoms with E-state index < -0.39 is 28.8 Å². The van der Waals surface area contributed by atoms with Gasteiger partial charge in [0.1, 0.15) is 6.54 Å². The molecule has 3 rings (SSSR count). The average Bonchev–Trinajstić information content (AvgIpc) is 2.64. The maximum absolute atomic E-state index is 13.1. The quantitative estimate of drug-likeness (QED) is 0.787. The van der Waals surface area contributed by atoms with E-state index >= 15 is 0 Å². The third kappa shape index (κ3) is 4.83. The molecule has 9 heteroatoms. The van der Waals surface area contributed by atoms with E-state index in [-0.39, 0.29) is 29.3 Å². The van der Waals surface area contributed by atoms with Gasteiger partial charge in [0.2, 0.25) is 5.91 Å². The Kier molecular flexibility index (Phi) is 5.95. The Labute approximate surface area is 172 Å². The van der Waals surface area contributed by atoms with Crippen LogP contribution in [-0.4, -0.2) is 32.4 Å². The third-order valence-electron chi connectivity index (χ3n) is 5.58. The molecule has 1 saturated carbocycles. The lowest BCUT2D eigenvalue weighted by Crippen LogP contribution is -2.44. The zero-order chi connectivity index (χ0) is 22.3. The Balaban J connectivity index is 1.88. The van der Waals surface area contributed by atoms with E-state index in [4.69, 9.17) is 0 Å². The maximum Gasteiger partial charge on any atom is 0.416 e. The standard InChI is InChI=1S/C21H26F3N3O3/c1-12(2)18-16-10-13(21(22,23)24)4-5-15(16)19(29)27(26-18)11-17(28)25-14-6-8-20(3,30)9-7-14/h4-5,10,12,14,30H,6-9,11H2,1-3H3,(H,25,28)/t14-,20-. The minimum Gasteiger partial charge on any atom is -0.390 e. The summed E-state index contributed by atoms with van der Waals surface area (Å²) >= 11 is 0. The Morgan fingerprint density at radius 2 is 1.93 bits per heavy atom. The molecule has 0 spiro atoms. The number of nitrogens with one attached hydrogen (secondary N) is 1. The second-order valence-electron chi connectivity index (χ2n) is 8.60. The normalized spacial score (nSPS) is 22.5. The number of alkyl halides is 3. The fraction of sp³-hybridized carbons (Fsp3) is 0.571. The van der Waals surface area contributed by atoms with Gasteiger partial charge < -0.3 is 10.4 Å². The van der Waals surface area contributed by atoms with Crippen LogP contribution in [0.2, 0.25) is 0 Å².